The number of nitrogens with zero attached hydrogens (tertiary/aromatic N) is 2. The van der Waals surface area contributed by atoms with Gasteiger partial charge in [0.05, 0.1) is 11.7 Å². The summed E-state index contributed by atoms with van der Waals surface area (Å²) in [4.78, 5) is 0. The van der Waals surface area contributed by atoms with Gasteiger partial charge < -0.3 is 10.1 Å². The Hall–Kier alpha value is -2.59. The maximum Gasteiger partial charge on any atom is 0.120 e. The topological polar surface area (TPSA) is 39.1 Å². The molecular formula is C21H25N3O. The highest BCUT2D eigenvalue weighted by molar-refractivity contribution is 5.34. The summed E-state index contributed by atoms with van der Waals surface area (Å²) in [5, 5.41) is 8.16. The first-order chi connectivity index (χ1) is 12.3. The Morgan fingerprint density at radius 1 is 1.08 bits per heavy atom. The Bertz CT molecular complexity index is 783. The van der Waals surface area contributed by atoms with E-state index in [9.17, 15) is 0 Å². The predicted molar refractivity (Wildman–Crippen MR) is 101 cm³/mol. The van der Waals surface area contributed by atoms with Gasteiger partial charge in [0.25, 0.3) is 0 Å². The van der Waals surface area contributed by atoms with Crippen molar-refractivity contribution in [3.63, 3.8) is 0 Å². The number of ether oxygens (including phenoxy) is 1. The average molecular weight is 335 g/mol. The molecule has 4 heteroatoms. The molecule has 0 saturated carbocycles. The second kappa shape index (κ2) is 8.49. The molecule has 3 rings (SSSR count). The molecule has 3 aromatic rings. The molecule has 1 heterocycles. The summed E-state index contributed by atoms with van der Waals surface area (Å²) in [5.74, 6) is 0.876. The molecule has 1 unspecified atom stereocenters. The fourth-order valence-electron chi connectivity index (χ4n) is 2.79. The minimum Gasteiger partial charge on any atom is -0.489 e. The van der Waals surface area contributed by atoms with E-state index in [1.54, 1.807) is 0 Å². The van der Waals surface area contributed by atoms with Gasteiger partial charge >= 0.3 is 0 Å². The molecule has 1 N–H and O–H groups in total. The zero-order valence-electron chi connectivity index (χ0n) is 14.9. The normalized spacial score (nSPS) is 12.1. The molecule has 1 aromatic heterocycles. The lowest BCUT2D eigenvalue weighted by Gasteiger charge is -2.18. The van der Waals surface area contributed by atoms with Gasteiger partial charge in [-0.3, -0.25) is 4.68 Å². The third-order valence-corrected chi connectivity index (χ3v) is 4.07. The van der Waals surface area contributed by atoms with Gasteiger partial charge in [-0.05, 0) is 42.3 Å². The Balaban J connectivity index is 1.77. The van der Waals surface area contributed by atoms with Gasteiger partial charge in [-0.25, -0.2) is 0 Å². The van der Waals surface area contributed by atoms with Crippen LogP contribution in [0.25, 0.3) is 0 Å². The molecule has 0 radical (unpaired) electrons. The van der Waals surface area contributed by atoms with Crippen molar-refractivity contribution in [2.75, 3.05) is 6.54 Å². The minimum absolute atomic E-state index is 0.0708. The second-order valence-corrected chi connectivity index (χ2v) is 6.15. The zero-order valence-corrected chi connectivity index (χ0v) is 14.9. The van der Waals surface area contributed by atoms with Gasteiger partial charge in [-0.1, -0.05) is 49.4 Å². The quantitative estimate of drug-likeness (QED) is 0.674. The molecule has 0 saturated heterocycles. The number of benzene rings is 2. The van der Waals surface area contributed by atoms with Crippen LogP contribution in [0.1, 0.15) is 36.2 Å². The zero-order chi connectivity index (χ0) is 17.5. The Kier molecular flexibility index (Phi) is 5.86. The van der Waals surface area contributed by atoms with E-state index >= 15 is 0 Å². The molecule has 0 amide bonds. The lowest BCUT2D eigenvalue weighted by molar-refractivity contribution is 0.305. The van der Waals surface area contributed by atoms with Crippen LogP contribution in [0.15, 0.2) is 66.9 Å². The fraction of sp³-hybridized carbons (Fsp3) is 0.286. The third kappa shape index (κ3) is 4.70. The van der Waals surface area contributed by atoms with E-state index in [4.69, 9.17) is 4.74 Å². The van der Waals surface area contributed by atoms with Gasteiger partial charge in [-0.2, -0.15) is 5.10 Å². The van der Waals surface area contributed by atoms with Crippen LogP contribution in [0.4, 0.5) is 0 Å². The summed E-state index contributed by atoms with van der Waals surface area (Å²) in [7, 11) is 1.94. The highest BCUT2D eigenvalue weighted by Gasteiger charge is 2.16. The van der Waals surface area contributed by atoms with Crippen LogP contribution in [0.5, 0.6) is 5.75 Å². The largest absolute Gasteiger partial charge is 0.489 e. The van der Waals surface area contributed by atoms with E-state index in [2.05, 4.69) is 47.7 Å². The highest BCUT2D eigenvalue weighted by Crippen LogP contribution is 2.25. The maximum atomic E-state index is 5.98. The lowest BCUT2D eigenvalue weighted by atomic mass is 10.0. The van der Waals surface area contributed by atoms with Gasteiger partial charge in [-0.15, -0.1) is 0 Å². The average Bonchev–Trinajstić information content (AvgIpc) is 3.08. The first kappa shape index (κ1) is 17.2. The standard InChI is InChI=1S/C21H25N3O/c1-3-13-22-21(20-12-14-24(2)23-20)18-10-7-11-19(15-18)25-16-17-8-5-4-6-9-17/h4-12,14-15,21-22H,3,13,16H2,1-2H3. The van der Waals surface area contributed by atoms with E-state index in [1.807, 2.05) is 48.3 Å². The Morgan fingerprint density at radius 2 is 1.92 bits per heavy atom. The first-order valence-electron chi connectivity index (χ1n) is 8.76. The van der Waals surface area contributed by atoms with Gasteiger partial charge in [0.15, 0.2) is 0 Å². The third-order valence-electron chi connectivity index (χ3n) is 4.07. The SMILES string of the molecule is CCCNC(c1cccc(OCc2ccccc2)c1)c1ccn(C)n1. The Morgan fingerprint density at radius 3 is 2.64 bits per heavy atom. The smallest absolute Gasteiger partial charge is 0.120 e. The van der Waals surface area contributed by atoms with Crippen molar-refractivity contribution >= 4 is 0 Å². The van der Waals surface area contributed by atoms with Crippen LogP contribution >= 0.6 is 0 Å². The summed E-state index contributed by atoms with van der Waals surface area (Å²) in [6.45, 7) is 3.68. The number of nitrogens with one attached hydrogen (secondary N) is 1. The first-order valence-corrected chi connectivity index (χ1v) is 8.76. The number of hydrogen-bond donors (Lipinski definition) is 1. The van der Waals surface area contributed by atoms with E-state index in [1.165, 1.54) is 5.56 Å². The number of aryl methyl sites for hydroxylation is 1. The van der Waals surface area contributed by atoms with E-state index in [-0.39, 0.29) is 6.04 Å². The van der Waals surface area contributed by atoms with Crippen LogP contribution in [-0.4, -0.2) is 16.3 Å². The maximum absolute atomic E-state index is 5.98. The van der Waals surface area contributed by atoms with Gasteiger partial charge in [0, 0.05) is 13.2 Å². The molecule has 25 heavy (non-hydrogen) atoms. The number of rotatable bonds is 8. The van der Waals surface area contributed by atoms with Gasteiger partial charge in [0.2, 0.25) is 0 Å². The van der Waals surface area contributed by atoms with Gasteiger partial charge in [0.1, 0.15) is 12.4 Å². The van der Waals surface area contributed by atoms with Crippen molar-refractivity contribution in [2.45, 2.75) is 26.0 Å². The van der Waals surface area contributed by atoms with Crippen molar-refractivity contribution < 1.29 is 4.74 Å². The molecule has 0 aliphatic rings. The summed E-state index contributed by atoms with van der Waals surface area (Å²) < 4.78 is 7.81. The molecule has 2 aromatic carbocycles. The molecule has 0 bridgehead atoms. The van der Waals surface area contributed by atoms with Crippen molar-refractivity contribution in [1.29, 1.82) is 0 Å². The van der Waals surface area contributed by atoms with E-state index in [0.717, 1.165) is 30.0 Å². The highest BCUT2D eigenvalue weighted by atomic mass is 16.5. The predicted octanol–water partition coefficient (Wildman–Crippen LogP) is 4.09. The summed E-state index contributed by atoms with van der Waals surface area (Å²) >= 11 is 0. The number of aromatic nitrogens is 2. The van der Waals surface area contributed by atoms with E-state index in [0.29, 0.717) is 6.61 Å². The van der Waals surface area contributed by atoms with Crippen molar-refractivity contribution in [3.05, 3.63) is 83.7 Å². The molecule has 130 valence electrons. The molecule has 1 atom stereocenters. The molecule has 4 nitrogen and oxygen atoms in total. The second-order valence-electron chi connectivity index (χ2n) is 6.15. The number of hydrogen-bond acceptors (Lipinski definition) is 3. The van der Waals surface area contributed by atoms with Crippen LogP contribution < -0.4 is 10.1 Å². The summed E-state index contributed by atoms with van der Waals surface area (Å²) in [6, 6.07) is 20.6. The Labute approximate surface area is 149 Å². The van der Waals surface area contributed by atoms with Crippen molar-refractivity contribution in [2.24, 2.45) is 7.05 Å². The fourth-order valence-corrected chi connectivity index (χ4v) is 2.79. The molecule has 0 spiro atoms. The van der Waals surface area contributed by atoms with Crippen LogP contribution in [-0.2, 0) is 13.7 Å². The minimum atomic E-state index is 0.0708. The molecule has 0 aliphatic carbocycles. The molecule has 0 aliphatic heterocycles. The van der Waals surface area contributed by atoms with Crippen LogP contribution in [0, 0.1) is 0 Å². The van der Waals surface area contributed by atoms with Crippen LogP contribution in [0.2, 0.25) is 0 Å². The van der Waals surface area contributed by atoms with E-state index < -0.39 is 0 Å². The monoisotopic (exact) mass is 335 g/mol. The summed E-state index contributed by atoms with van der Waals surface area (Å²) in [6.07, 6.45) is 3.05. The van der Waals surface area contributed by atoms with Crippen molar-refractivity contribution in [3.8, 4) is 5.75 Å². The summed E-state index contributed by atoms with van der Waals surface area (Å²) in [5.41, 5.74) is 3.35. The lowest BCUT2D eigenvalue weighted by Crippen LogP contribution is -2.23. The molecule has 0 fully saturated rings. The van der Waals surface area contributed by atoms with Crippen molar-refractivity contribution in [1.82, 2.24) is 15.1 Å². The van der Waals surface area contributed by atoms with Crippen LogP contribution in [0.3, 0.4) is 0 Å². The molecular weight excluding hydrogens is 310 g/mol.